The van der Waals surface area contributed by atoms with E-state index in [-0.39, 0.29) is 23.7 Å². The Balaban J connectivity index is 0.00000400. The number of halogens is 1. The fraction of sp³-hybridized carbons (Fsp3) is 0.500. The third kappa shape index (κ3) is 4.99. The highest BCUT2D eigenvalue weighted by Crippen LogP contribution is 2.20. The van der Waals surface area contributed by atoms with Gasteiger partial charge in [-0.25, -0.2) is 0 Å². The fourth-order valence-electron chi connectivity index (χ4n) is 1.84. The van der Waals surface area contributed by atoms with Crippen molar-refractivity contribution in [1.82, 2.24) is 5.32 Å². The number of carbonyl (C=O) groups is 1. The van der Waals surface area contributed by atoms with E-state index >= 15 is 0 Å². The van der Waals surface area contributed by atoms with Gasteiger partial charge in [0.1, 0.15) is 5.56 Å². The summed E-state index contributed by atoms with van der Waals surface area (Å²) in [6.07, 6.45) is 1.44. The molecule has 0 unspecified atom stereocenters. The van der Waals surface area contributed by atoms with Crippen LogP contribution >= 0.6 is 12.4 Å². The Morgan fingerprint density at radius 2 is 1.95 bits per heavy atom. The summed E-state index contributed by atoms with van der Waals surface area (Å²) in [5, 5.41) is 13.6. The number of nitrogens with zero attached hydrogens (tertiary/aromatic N) is 1. The van der Waals surface area contributed by atoms with Gasteiger partial charge in [-0.2, -0.15) is 0 Å². The second-order valence-corrected chi connectivity index (χ2v) is 5.03. The van der Waals surface area contributed by atoms with Gasteiger partial charge in [-0.05, 0) is 31.4 Å². The zero-order valence-electron chi connectivity index (χ0n) is 12.5. The molecule has 0 saturated carbocycles. The first kappa shape index (κ1) is 19.3. The second-order valence-electron chi connectivity index (χ2n) is 5.03. The minimum atomic E-state index is -0.552. The molecule has 1 aromatic carbocycles. The molecule has 0 aliphatic heterocycles. The maximum absolute atomic E-state index is 12.1. The van der Waals surface area contributed by atoms with E-state index in [9.17, 15) is 14.9 Å². The Kier molecular flexibility index (Phi) is 7.32. The number of benzene rings is 1. The van der Waals surface area contributed by atoms with E-state index in [0.717, 1.165) is 18.4 Å². The highest BCUT2D eigenvalue weighted by molar-refractivity contribution is 5.98. The molecule has 0 saturated heterocycles. The summed E-state index contributed by atoms with van der Waals surface area (Å²) in [7, 11) is 0. The number of amides is 1. The van der Waals surface area contributed by atoms with E-state index in [1.54, 1.807) is 13.0 Å². The van der Waals surface area contributed by atoms with Crippen molar-refractivity contribution in [2.24, 2.45) is 5.73 Å². The summed E-state index contributed by atoms with van der Waals surface area (Å²) in [4.78, 5) is 22.5. The van der Waals surface area contributed by atoms with Crippen LogP contribution in [0.3, 0.4) is 0 Å². The summed E-state index contributed by atoms with van der Waals surface area (Å²) >= 11 is 0. The molecule has 0 aliphatic rings. The minimum absolute atomic E-state index is 0. The summed E-state index contributed by atoms with van der Waals surface area (Å²) in [6.45, 7) is 5.98. The van der Waals surface area contributed by atoms with Crippen LogP contribution < -0.4 is 11.1 Å². The average molecular weight is 316 g/mol. The van der Waals surface area contributed by atoms with Crippen molar-refractivity contribution >= 4 is 24.0 Å². The predicted molar refractivity (Wildman–Crippen MR) is 84.9 cm³/mol. The van der Waals surface area contributed by atoms with Gasteiger partial charge in [-0.3, -0.25) is 14.9 Å². The number of nitro groups is 1. The van der Waals surface area contributed by atoms with Gasteiger partial charge in [0, 0.05) is 18.2 Å². The summed E-state index contributed by atoms with van der Waals surface area (Å²) in [5.74, 6) is -0.461. The highest BCUT2D eigenvalue weighted by Gasteiger charge is 2.24. The first-order valence-corrected chi connectivity index (χ1v) is 6.65. The van der Waals surface area contributed by atoms with Crippen LogP contribution in [0.1, 0.15) is 42.6 Å². The second kappa shape index (κ2) is 7.95. The maximum atomic E-state index is 12.1. The van der Waals surface area contributed by atoms with Gasteiger partial charge in [0.25, 0.3) is 11.6 Å². The summed E-state index contributed by atoms with van der Waals surface area (Å²) < 4.78 is 0. The Hall–Kier alpha value is -1.66. The molecule has 0 heterocycles. The van der Waals surface area contributed by atoms with Crippen LogP contribution in [0.2, 0.25) is 0 Å². The Morgan fingerprint density at radius 1 is 1.38 bits per heavy atom. The molecule has 0 fully saturated rings. The van der Waals surface area contributed by atoms with Gasteiger partial charge in [-0.15, -0.1) is 12.4 Å². The number of aryl methyl sites for hydroxylation is 1. The predicted octanol–water partition coefficient (Wildman–Crippen LogP) is 2.57. The molecule has 1 aromatic rings. The molecule has 3 N–H and O–H groups in total. The van der Waals surface area contributed by atoms with Crippen LogP contribution in [-0.4, -0.2) is 22.9 Å². The number of rotatable bonds is 6. The van der Waals surface area contributed by atoms with Crippen molar-refractivity contribution in [2.75, 3.05) is 6.54 Å². The summed E-state index contributed by atoms with van der Waals surface area (Å²) in [5.41, 5.74) is 6.30. The minimum Gasteiger partial charge on any atom is -0.350 e. The maximum Gasteiger partial charge on any atom is 0.282 e. The van der Waals surface area contributed by atoms with E-state index in [1.807, 2.05) is 13.8 Å². The molecule has 0 bridgehead atoms. The lowest BCUT2D eigenvalue weighted by Crippen LogP contribution is -2.49. The van der Waals surface area contributed by atoms with Gasteiger partial charge in [0.2, 0.25) is 0 Å². The average Bonchev–Trinajstić information content (AvgIpc) is 2.43. The van der Waals surface area contributed by atoms with Crippen LogP contribution in [-0.2, 0) is 0 Å². The van der Waals surface area contributed by atoms with Crippen LogP contribution in [0.5, 0.6) is 0 Å². The van der Waals surface area contributed by atoms with Crippen LogP contribution in [0.15, 0.2) is 18.2 Å². The Labute approximate surface area is 130 Å². The SMILES string of the molecule is CCC(N)(CC)CNC(=O)c1cc(C)ccc1[N+](=O)[O-].Cl. The standard InChI is InChI=1S/C14H21N3O3.ClH/c1-4-14(15,5-2)9-16-13(18)11-8-10(3)6-7-12(11)17(19)20;/h6-8H,4-5,9,15H2,1-3H3,(H,16,18);1H. The van der Waals surface area contributed by atoms with E-state index in [0.29, 0.717) is 6.54 Å². The number of nitrogens with two attached hydrogens (primary N) is 1. The van der Waals surface area contributed by atoms with Gasteiger partial charge in [0.05, 0.1) is 4.92 Å². The van der Waals surface area contributed by atoms with Crippen molar-refractivity contribution in [3.8, 4) is 0 Å². The highest BCUT2D eigenvalue weighted by atomic mass is 35.5. The van der Waals surface area contributed by atoms with Crippen molar-refractivity contribution in [1.29, 1.82) is 0 Å². The van der Waals surface area contributed by atoms with Crippen LogP contribution in [0, 0.1) is 17.0 Å². The third-order valence-electron chi connectivity index (χ3n) is 3.60. The molecular formula is C14H22ClN3O3. The number of hydrogen-bond donors (Lipinski definition) is 2. The molecule has 1 amide bonds. The Bertz CT molecular complexity index is 516. The lowest BCUT2D eigenvalue weighted by molar-refractivity contribution is -0.385. The largest absolute Gasteiger partial charge is 0.350 e. The molecule has 7 heteroatoms. The Morgan fingerprint density at radius 3 is 2.43 bits per heavy atom. The van der Waals surface area contributed by atoms with Crippen LogP contribution in [0.4, 0.5) is 5.69 Å². The van der Waals surface area contributed by atoms with Crippen molar-refractivity contribution in [3.05, 3.63) is 39.4 Å². The van der Waals surface area contributed by atoms with Crippen molar-refractivity contribution < 1.29 is 9.72 Å². The first-order valence-electron chi connectivity index (χ1n) is 6.65. The molecule has 118 valence electrons. The molecular weight excluding hydrogens is 294 g/mol. The molecule has 6 nitrogen and oxygen atoms in total. The van der Waals surface area contributed by atoms with Crippen molar-refractivity contribution in [3.63, 3.8) is 0 Å². The fourth-order valence-corrected chi connectivity index (χ4v) is 1.84. The van der Waals surface area contributed by atoms with E-state index < -0.39 is 16.4 Å². The van der Waals surface area contributed by atoms with Gasteiger partial charge >= 0.3 is 0 Å². The van der Waals surface area contributed by atoms with Gasteiger partial charge in [0.15, 0.2) is 0 Å². The smallest absolute Gasteiger partial charge is 0.282 e. The summed E-state index contributed by atoms with van der Waals surface area (Å²) in [6, 6.07) is 4.48. The molecule has 21 heavy (non-hydrogen) atoms. The normalized spacial score (nSPS) is 10.7. The molecule has 0 spiro atoms. The van der Waals surface area contributed by atoms with E-state index in [1.165, 1.54) is 12.1 Å². The zero-order chi connectivity index (χ0) is 15.3. The first-order chi connectivity index (χ1) is 9.33. The number of nitro benzene ring substituents is 1. The molecule has 1 rings (SSSR count). The van der Waals surface area contributed by atoms with E-state index in [2.05, 4.69) is 5.32 Å². The molecule has 0 aliphatic carbocycles. The number of nitrogens with one attached hydrogen (secondary N) is 1. The lowest BCUT2D eigenvalue weighted by atomic mass is 9.94. The topological polar surface area (TPSA) is 98.3 Å². The molecule has 0 atom stereocenters. The number of carbonyl (C=O) groups excluding carboxylic acids is 1. The molecule has 0 radical (unpaired) electrons. The van der Waals surface area contributed by atoms with Gasteiger partial charge < -0.3 is 11.1 Å². The van der Waals surface area contributed by atoms with Crippen molar-refractivity contribution in [2.45, 2.75) is 39.2 Å². The van der Waals surface area contributed by atoms with Gasteiger partial charge in [-0.1, -0.05) is 19.9 Å². The zero-order valence-corrected chi connectivity index (χ0v) is 13.3. The quantitative estimate of drug-likeness (QED) is 0.622. The monoisotopic (exact) mass is 315 g/mol. The van der Waals surface area contributed by atoms with Crippen LogP contribution in [0.25, 0.3) is 0 Å². The number of hydrogen-bond acceptors (Lipinski definition) is 4. The van der Waals surface area contributed by atoms with E-state index in [4.69, 9.17) is 5.73 Å². The third-order valence-corrected chi connectivity index (χ3v) is 3.60. The molecule has 0 aromatic heterocycles. The lowest BCUT2D eigenvalue weighted by Gasteiger charge is -2.26.